The molecule has 0 fully saturated rings. The third kappa shape index (κ3) is 20.3. The van der Waals surface area contributed by atoms with Gasteiger partial charge in [-0.3, -0.25) is 9.59 Å². The van der Waals surface area contributed by atoms with Crippen molar-refractivity contribution in [3.8, 4) is 22.3 Å². The molecule has 1 aromatic heterocycles. The van der Waals surface area contributed by atoms with Gasteiger partial charge in [0.15, 0.2) is 0 Å². The number of carbonyl (C=O) groups excluding carboxylic acids is 4. The number of rotatable bonds is 32. The van der Waals surface area contributed by atoms with Crippen LogP contribution in [0.25, 0.3) is 22.3 Å². The van der Waals surface area contributed by atoms with Gasteiger partial charge in [0.2, 0.25) is 11.8 Å². The third-order valence-corrected chi connectivity index (χ3v) is 14.0. The first-order valence-electron chi connectivity index (χ1n) is 27.2. The van der Waals surface area contributed by atoms with Crippen molar-refractivity contribution in [2.24, 2.45) is 5.41 Å². The monoisotopic (exact) mass is 1140 g/mol. The maximum Gasteiger partial charge on any atom is 0.407 e. The van der Waals surface area contributed by atoms with Crippen molar-refractivity contribution < 1.29 is 66.3 Å². The lowest BCUT2D eigenvalue weighted by Gasteiger charge is -2.41. The highest BCUT2D eigenvalue weighted by molar-refractivity contribution is 8.00. The largest absolute Gasteiger partial charge is 0.480 e. The summed E-state index contributed by atoms with van der Waals surface area (Å²) in [5, 5.41) is 18.1. The van der Waals surface area contributed by atoms with Crippen molar-refractivity contribution in [2.75, 3.05) is 90.6 Å². The highest BCUT2D eigenvalue weighted by Gasteiger charge is 2.38. The Balaban J connectivity index is 1.03. The predicted octanol–water partition coefficient (Wildman–Crippen LogP) is 9.61. The van der Waals surface area contributed by atoms with E-state index >= 15 is 4.39 Å². The lowest BCUT2D eigenvalue weighted by atomic mass is 9.83. The van der Waals surface area contributed by atoms with Crippen molar-refractivity contribution in [1.29, 1.82) is 0 Å². The highest BCUT2D eigenvalue weighted by Crippen LogP contribution is 2.45. The molecular weight excluding hydrogens is 1060 g/mol. The molecule has 1 aliphatic rings. The molecule has 81 heavy (non-hydrogen) atoms. The Labute approximate surface area is 477 Å². The van der Waals surface area contributed by atoms with Gasteiger partial charge in [-0.25, -0.2) is 23.2 Å². The minimum atomic E-state index is -1.32. The van der Waals surface area contributed by atoms with Crippen LogP contribution in [-0.4, -0.2) is 147 Å². The first kappa shape index (κ1) is 63.3. The summed E-state index contributed by atoms with van der Waals surface area (Å²) in [6, 6.07) is 28.8. The lowest BCUT2D eigenvalue weighted by molar-refractivity contribution is -0.141. The average Bonchev–Trinajstić information content (AvgIpc) is 4.08. The second kappa shape index (κ2) is 31.4. The van der Waals surface area contributed by atoms with Crippen LogP contribution < -0.4 is 16.0 Å². The van der Waals surface area contributed by atoms with Gasteiger partial charge in [0.1, 0.15) is 29.9 Å². The molecule has 4 amide bonds. The van der Waals surface area contributed by atoms with Crippen LogP contribution in [0.5, 0.6) is 0 Å². The molecule has 20 heteroatoms. The van der Waals surface area contributed by atoms with Crippen molar-refractivity contribution >= 4 is 41.7 Å². The number of nitrogens with zero attached hydrogens (tertiary/aromatic N) is 2. The molecule has 4 aromatic carbocycles. The number of nitrogens with one attached hydrogen (secondary N) is 3. The predicted molar refractivity (Wildman–Crippen MR) is 306 cm³/mol. The molecule has 2 atom stereocenters. The van der Waals surface area contributed by atoms with E-state index in [1.807, 2.05) is 92.1 Å². The molecule has 17 nitrogen and oxygen atoms in total. The van der Waals surface area contributed by atoms with Crippen LogP contribution in [0.15, 0.2) is 109 Å². The van der Waals surface area contributed by atoms with Gasteiger partial charge < -0.3 is 58.9 Å². The maximum absolute atomic E-state index is 15.5. The fraction of sp³-hybridized carbons (Fsp3) is 0.459. The van der Waals surface area contributed by atoms with Gasteiger partial charge in [-0.15, -0.1) is 11.8 Å². The van der Waals surface area contributed by atoms with E-state index in [2.05, 4.69) is 28.1 Å². The van der Waals surface area contributed by atoms with E-state index in [0.29, 0.717) is 63.8 Å². The second-order valence-electron chi connectivity index (χ2n) is 21.5. The quantitative estimate of drug-likeness (QED) is 0.0297. The minimum absolute atomic E-state index is 0.0165. The molecule has 0 bridgehead atoms. The number of carbonyl (C=O) groups is 5. The van der Waals surface area contributed by atoms with Crippen molar-refractivity contribution in [3.05, 3.63) is 143 Å². The Morgan fingerprint density at radius 2 is 1.30 bits per heavy atom. The molecule has 438 valence electrons. The van der Waals surface area contributed by atoms with Gasteiger partial charge in [0, 0.05) is 67.3 Å². The zero-order valence-corrected chi connectivity index (χ0v) is 48.0. The molecule has 0 unspecified atom stereocenters. The molecule has 0 saturated heterocycles. The van der Waals surface area contributed by atoms with Crippen LogP contribution in [0, 0.1) is 17.0 Å². The Kier molecular flexibility index (Phi) is 24.5. The van der Waals surface area contributed by atoms with Crippen molar-refractivity contribution in [1.82, 2.24) is 25.4 Å². The topological polar surface area (TPSA) is 205 Å². The van der Waals surface area contributed by atoms with Crippen molar-refractivity contribution in [2.45, 2.75) is 84.5 Å². The smallest absolute Gasteiger partial charge is 0.407 e. The number of hydrogen-bond acceptors (Lipinski definition) is 12. The fourth-order valence-corrected chi connectivity index (χ4v) is 10.3. The second-order valence-corrected chi connectivity index (χ2v) is 22.5. The number of aromatic nitrogens is 1. The number of thioether (sulfide) groups is 1. The van der Waals surface area contributed by atoms with E-state index in [1.54, 1.807) is 37.9 Å². The SMILES string of the molecule is CC(C)(C)OC(=O)NCCOCCOCCOCCOCCC(=O)N[C@@H](CSCC(=O)N(CCCNC(=O)OCC1c2ccccc2-c2ccccc21)[C@@H](c1cc(-c2cc(F)ccc2F)cn1Cc1ccccc1)C(C)(C)C)C(=O)O. The number of ether oxygens (including phenoxy) is 6. The number of carboxylic acids is 1. The van der Waals surface area contributed by atoms with Gasteiger partial charge in [-0.2, -0.15) is 0 Å². The van der Waals surface area contributed by atoms with E-state index in [4.69, 9.17) is 28.4 Å². The molecule has 5 aromatic rings. The number of carboxylic acid groups (broad SMARTS) is 1. The highest BCUT2D eigenvalue weighted by atomic mass is 32.2. The summed E-state index contributed by atoms with van der Waals surface area (Å²) >= 11 is 1.05. The number of alkyl carbamates (subject to hydrolysis) is 2. The molecule has 0 saturated carbocycles. The Morgan fingerprint density at radius 3 is 1.91 bits per heavy atom. The van der Waals surface area contributed by atoms with Crippen LogP contribution >= 0.6 is 11.8 Å². The van der Waals surface area contributed by atoms with E-state index in [9.17, 15) is 33.5 Å². The van der Waals surface area contributed by atoms with Gasteiger partial charge >= 0.3 is 18.2 Å². The normalized spacial score (nSPS) is 12.9. The molecular formula is C61H77F2N5O12S. The Bertz CT molecular complexity index is 2790. The van der Waals surface area contributed by atoms with Crippen LogP contribution in [0.1, 0.15) is 88.7 Å². The molecule has 1 heterocycles. The number of hydrogen-bond donors (Lipinski definition) is 4. The summed E-state index contributed by atoms with van der Waals surface area (Å²) in [5.41, 5.74) is 5.16. The molecule has 0 aliphatic heterocycles. The molecule has 0 spiro atoms. The summed E-state index contributed by atoms with van der Waals surface area (Å²) < 4.78 is 65.0. The first-order chi connectivity index (χ1) is 38.8. The number of halogens is 2. The number of aliphatic carboxylic acids is 1. The van der Waals surface area contributed by atoms with Gasteiger partial charge in [0.05, 0.1) is 64.6 Å². The van der Waals surface area contributed by atoms with Crippen LogP contribution in [0.4, 0.5) is 18.4 Å². The summed E-state index contributed by atoms with van der Waals surface area (Å²) in [6.07, 6.45) is 0.819. The van der Waals surface area contributed by atoms with E-state index < -0.39 is 58.8 Å². The molecule has 6 rings (SSSR count). The molecule has 1 aliphatic carbocycles. The van der Waals surface area contributed by atoms with Gasteiger partial charge in [-0.05, 0) is 84.7 Å². The first-order valence-corrected chi connectivity index (χ1v) is 28.4. The van der Waals surface area contributed by atoms with E-state index in [-0.39, 0.29) is 74.8 Å². The van der Waals surface area contributed by atoms with Crippen molar-refractivity contribution in [3.63, 3.8) is 0 Å². The summed E-state index contributed by atoms with van der Waals surface area (Å²) in [4.78, 5) is 66.8. The van der Waals surface area contributed by atoms with Gasteiger partial charge in [0.25, 0.3) is 0 Å². The minimum Gasteiger partial charge on any atom is -0.480 e. The maximum atomic E-state index is 15.5. The number of benzene rings is 4. The molecule has 0 radical (unpaired) electrons. The summed E-state index contributed by atoms with van der Waals surface area (Å²) in [7, 11) is 0. The standard InChI is InChI=1S/C61H77F2N5O12S/c1-60(2,3)56(53-35-43(49-36-44(62)21-22-51(49)63)38-67(53)37-42-15-8-7-9-16-42)68(26-14-24-64-58(73)79-39-50-47-19-12-10-17-45(47)46-18-11-13-20-48(46)50)55(70)41-81-40-52(57(71)72)66-54(69)23-27-75-29-31-77-33-34-78-32-30-76-28-25-65-59(74)80-61(4,5)6/h7-13,15-22,35-36,38,50,52,56H,14,23-34,37,39-41H2,1-6H3,(H,64,73)(H,65,74)(H,66,69)(H,71,72)/t52-,56-/m0/s1. The van der Waals surface area contributed by atoms with Crippen LogP contribution in [0.2, 0.25) is 0 Å². The Hall–Kier alpha value is -6.84. The zero-order chi connectivity index (χ0) is 58.4. The summed E-state index contributed by atoms with van der Waals surface area (Å²) in [5.74, 6) is -3.83. The number of amides is 4. The fourth-order valence-electron chi connectivity index (χ4n) is 9.35. The lowest BCUT2D eigenvalue weighted by Crippen LogP contribution is -2.45. The van der Waals surface area contributed by atoms with Gasteiger partial charge in [-0.1, -0.05) is 99.6 Å². The zero-order valence-electron chi connectivity index (χ0n) is 47.1. The summed E-state index contributed by atoms with van der Waals surface area (Å²) in [6.45, 7) is 14.4. The van der Waals surface area contributed by atoms with Crippen LogP contribution in [0.3, 0.4) is 0 Å². The van der Waals surface area contributed by atoms with E-state index in [0.717, 1.165) is 57.8 Å². The Morgan fingerprint density at radius 1 is 0.704 bits per heavy atom. The third-order valence-electron chi connectivity index (χ3n) is 12.9. The van der Waals surface area contributed by atoms with Crippen LogP contribution in [-0.2, 0) is 49.3 Å². The molecule has 4 N–H and O–H groups in total. The van der Waals surface area contributed by atoms with E-state index in [1.165, 1.54) is 0 Å². The average molecular weight is 1140 g/mol. The number of fused-ring (bicyclic) bond motifs is 3.